The molecule has 0 aliphatic heterocycles. The number of carbonyl (C=O) groups is 1. The average molecular weight is 262 g/mol. The minimum atomic E-state index is -0.580. The van der Waals surface area contributed by atoms with Crippen LogP contribution in [-0.2, 0) is 4.74 Å². The molecule has 1 amide bonds. The lowest BCUT2D eigenvalue weighted by molar-refractivity contribution is -0.670. The maximum atomic E-state index is 11.5. The van der Waals surface area contributed by atoms with Crippen LogP contribution in [0.1, 0.15) is 20.8 Å². The first-order valence-corrected chi connectivity index (χ1v) is 5.88. The fraction of sp³-hybridized carbons (Fsp3) is 0.308. The van der Waals surface area contributed by atoms with Crippen LogP contribution in [0.15, 0.2) is 41.1 Å². The number of carbonyl (C=O) groups excluding carboxylic acids is 1. The molecule has 1 aromatic carbocycles. The summed E-state index contributed by atoms with van der Waals surface area (Å²) >= 11 is 0. The summed E-state index contributed by atoms with van der Waals surface area (Å²) in [5.74, 6) is 0.220. The Bertz CT molecular complexity index is 558. The Labute approximate surface area is 111 Å². The van der Waals surface area contributed by atoms with E-state index in [1.807, 2.05) is 30.3 Å². The molecule has 0 saturated heterocycles. The van der Waals surface area contributed by atoms with Crippen molar-refractivity contribution in [2.24, 2.45) is 0 Å². The zero-order valence-electron chi connectivity index (χ0n) is 11.1. The van der Waals surface area contributed by atoms with E-state index in [1.54, 1.807) is 27.0 Å². The van der Waals surface area contributed by atoms with Gasteiger partial charge in [0.2, 0.25) is 11.0 Å². The van der Waals surface area contributed by atoms with E-state index in [0.29, 0.717) is 0 Å². The van der Waals surface area contributed by atoms with Crippen molar-refractivity contribution in [2.75, 3.05) is 5.32 Å². The third kappa shape index (κ3) is 3.80. The van der Waals surface area contributed by atoms with Gasteiger partial charge >= 0.3 is 12.0 Å². The van der Waals surface area contributed by atoms with E-state index in [-0.39, 0.29) is 5.88 Å². The first-order valence-electron chi connectivity index (χ1n) is 5.88. The van der Waals surface area contributed by atoms with E-state index in [0.717, 1.165) is 5.69 Å². The number of amides is 1. The molecule has 6 heteroatoms. The van der Waals surface area contributed by atoms with Crippen molar-refractivity contribution in [3.63, 3.8) is 0 Å². The lowest BCUT2D eigenvalue weighted by Crippen LogP contribution is -2.31. The van der Waals surface area contributed by atoms with Crippen LogP contribution < -0.4 is 10.00 Å². The Balaban J connectivity index is 2.04. The van der Waals surface area contributed by atoms with Crippen LogP contribution in [0.4, 0.5) is 10.7 Å². The number of nitrogens with zero attached hydrogens (tertiary/aromatic N) is 2. The Kier molecular flexibility index (Phi) is 3.50. The Hall–Kier alpha value is -2.37. The summed E-state index contributed by atoms with van der Waals surface area (Å²) < 4.78 is 11.6. The lowest BCUT2D eigenvalue weighted by Gasteiger charge is -2.18. The number of ether oxygens (including phenoxy) is 1. The van der Waals surface area contributed by atoms with Gasteiger partial charge in [-0.2, -0.15) is 0 Å². The molecule has 0 unspecified atom stereocenters. The molecule has 0 atom stereocenters. The third-order valence-electron chi connectivity index (χ3n) is 2.11. The second kappa shape index (κ2) is 5.09. The topological polar surface area (TPSA) is 68.2 Å². The van der Waals surface area contributed by atoms with Gasteiger partial charge in [0.1, 0.15) is 5.60 Å². The highest BCUT2D eigenvalue weighted by Gasteiger charge is 2.20. The van der Waals surface area contributed by atoms with Crippen LogP contribution >= 0.6 is 0 Å². The van der Waals surface area contributed by atoms with Gasteiger partial charge in [0.15, 0.2) is 0 Å². The summed E-state index contributed by atoms with van der Waals surface area (Å²) in [5.41, 5.74) is 0.281. The predicted molar refractivity (Wildman–Crippen MR) is 67.9 cm³/mol. The minimum absolute atomic E-state index is 0.220. The normalized spacial score (nSPS) is 11.1. The van der Waals surface area contributed by atoms with Crippen LogP contribution in [0.5, 0.6) is 0 Å². The molecular formula is C13H16N3O3+. The average Bonchev–Trinajstić information content (AvgIpc) is 2.76. The Morgan fingerprint density at radius 2 is 2.00 bits per heavy atom. The van der Waals surface area contributed by atoms with Crippen LogP contribution in [0, 0.1) is 0 Å². The SMILES string of the molecule is CC(C)(C)OC(=O)Nc1c[n+](-c2ccccc2)no1. The maximum absolute atomic E-state index is 11.5. The van der Waals surface area contributed by atoms with Crippen molar-refractivity contribution in [3.05, 3.63) is 36.5 Å². The van der Waals surface area contributed by atoms with Crippen LogP contribution in [0.2, 0.25) is 0 Å². The van der Waals surface area contributed by atoms with E-state index in [2.05, 4.69) is 10.6 Å². The molecule has 0 aliphatic rings. The van der Waals surface area contributed by atoms with Gasteiger partial charge in [-0.05, 0) is 25.5 Å². The largest absolute Gasteiger partial charge is 0.444 e. The number of hydrogen-bond acceptors (Lipinski definition) is 4. The summed E-state index contributed by atoms with van der Waals surface area (Å²) in [6.07, 6.45) is 0.989. The van der Waals surface area contributed by atoms with Crippen LogP contribution in [0.25, 0.3) is 5.69 Å². The highest BCUT2D eigenvalue weighted by molar-refractivity contribution is 5.82. The molecule has 0 radical (unpaired) electrons. The standard InChI is InChI=1S/C13H15N3O3/c1-13(2,3)18-12(17)14-11-9-16(15-19-11)10-7-5-4-6-8-10/h4-9H,1-3H3/p+1. The molecule has 1 aromatic heterocycles. The van der Waals surface area contributed by atoms with Gasteiger partial charge in [0.25, 0.3) is 6.20 Å². The second-order valence-electron chi connectivity index (χ2n) is 4.97. The van der Waals surface area contributed by atoms with Crippen LogP contribution in [0.3, 0.4) is 0 Å². The predicted octanol–water partition coefficient (Wildman–Crippen LogP) is 2.30. The summed E-state index contributed by atoms with van der Waals surface area (Å²) in [6, 6.07) is 9.43. The van der Waals surface area contributed by atoms with Gasteiger partial charge in [-0.1, -0.05) is 18.2 Å². The van der Waals surface area contributed by atoms with E-state index >= 15 is 0 Å². The Morgan fingerprint density at radius 1 is 1.32 bits per heavy atom. The molecule has 19 heavy (non-hydrogen) atoms. The van der Waals surface area contributed by atoms with E-state index in [1.165, 1.54) is 4.68 Å². The molecule has 6 nitrogen and oxygen atoms in total. The third-order valence-corrected chi connectivity index (χ3v) is 2.11. The number of aromatic nitrogens is 2. The van der Waals surface area contributed by atoms with E-state index < -0.39 is 11.7 Å². The smallest absolute Gasteiger partial charge is 0.414 e. The van der Waals surface area contributed by atoms with E-state index in [4.69, 9.17) is 9.26 Å². The van der Waals surface area contributed by atoms with Gasteiger partial charge in [0, 0.05) is 12.1 Å². The number of hydrogen-bond donors (Lipinski definition) is 1. The van der Waals surface area contributed by atoms with Gasteiger partial charge in [-0.25, -0.2) is 4.79 Å². The highest BCUT2D eigenvalue weighted by atomic mass is 16.6. The number of nitrogens with one attached hydrogen (secondary N) is 1. The number of rotatable bonds is 2. The number of benzene rings is 1. The van der Waals surface area contributed by atoms with Crippen molar-refractivity contribution in [3.8, 4) is 5.69 Å². The quantitative estimate of drug-likeness (QED) is 0.843. The molecule has 100 valence electrons. The second-order valence-corrected chi connectivity index (χ2v) is 4.97. The molecule has 0 aliphatic carbocycles. The van der Waals surface area contributed by atoms with Crippen molar-refractivity contribution < 1.29 is 18.7 Å². The monoisotopic (exact) mass is 262 g/mol. The summed E-state index contributed by atoms with van der Waals surface area (Å²) in [6.45, 7) is 5.37. The van der Waals surface area contributed by atoms with E-state index in [9.17, 15) is 4.79 Å². The Morgan fingerprint density at radius 3 is 2.63 bits per heavy atom. The molecule has 2 aromatic rings. The molecule has 1 N–H and O–H groups in total. The van der Waals surface area contributed by atoms with Crippen LogP contribution in [-0.4, -0.2) is 17.0 Å². The first-order chi connectivity index (χ1) is 8.94. The summed E-state index contributed by atoms with van der Waals surface area (Å²) in [4.78, 5) is 11.5. The molecule has 0 bridgehead atoms. The molecule has 0 fully saturated rings. The first kappa shape index (κ1) is 13.1. The van der Waals surface area contributed by atoms with Crippen molar-refractivity contribution in [1.82, 2.24) is 5.27 Å². The zero-order valence-corrected chi connectivity index (χ0v) is 11.1. The molecule has 0 spiro atoms. The van der Waals surface area contributed by atoms with Crippen molar-refractivity contribution >= 4 is 12.0 Å². The summed E-state index contributed by atoms with van der Waals surface area (Å²) in [7, 11) is 0. The molecule has 1 heterocycles. The van der Waals surface area contributed by atoms with Gasteiger partial charge in [0.05, 0.1) is 0 Å². The summed E-state index contributed by atoms with van der Waals surface area (Å²) in [5, 5.41) is 6.28. The van der Waals surface area contributed by atoms with Gasteiger partial charge in [-0.15, -0.1) is 0 Å². The molecule has 2 rings (SSSR count). The van der Waals surface area contributed by atoms with Gasteiger partial charge < -0.3 is 4.74 Å². The fourth-order valence-corrected chi connectivity index (χ4v) is 1.41. The fourth-order valence-electron chi connectivity index (χ4n) is 1.41. The highest BCUT2D eigenvalue weighted by Crippen LogP contribution is 2.10. The van der Waals surface area contributed by atoms with Crippen molar-refractivity contribution in [2.45, 2.75) is 26.4 Å². The molecule has 0 saturated carbocycles. The van der Waals surface area contributed by atoms with Gasteiger partial charge in [-0.3, -0.25) is 9.84 Å². The zero-order chi connectivity index (χ0) is 13.9. The molecular weight excluding hydrogens is 246 g/mol. The maximum Gasteiger partial charge on any atom is 0.414 e. The number of anilines is 1. The number of para-hydroxylation sites is 1. The minimum Gasteiger partial charge on any atom is -0.444 e. The lowest BCUT2D eigenvalue weighted by atomic mass is 10.2. The van der Waals surface area contributed by atoms with Crippen molar-refractivity contribution in [1.29, 1.82) is 0 Å².